The zero-order valence-corrected chi connectivity index (χ0v) is 19.8. The molecule has 1 saturated heterocycles. The molecule has 0 spiro atoms. The largest absolute Gasteiger partial charge is 0.508 e. The maximum absolute atomic E-state index is 9.79. The second-order valence-electron chi connectivity index (χ2n) is 8.77. The average Bonchev–Trinajstić information content (AvgIpc) is 2.69. The first kappa shape index (κ1) is 24.6. The van der Waals surface area contributed by atoms with E-state index in [1.807, 2.05) is 30.3 Å². The number of hydrogen-bond acceptors (Lipinski definition) is 4. The monoisotopic (exact) mass is 452 g/mol. The van der Waals surface area contributed by atoms with E-state index in [0.717, 1.165) is 67.6 Å². The summed E-state index contributed by atoms with van der Waals surface area (Å²) in [6, 6.07) is 13.5. The first-order valence-corrected chi connectivity index (χ1v) is 10.9. The van der Waals surface area contributed by atoms with Crippen LogP contribution in [0, 0.1) is 0 Å². The Labute approximate surface area is 192 Å². The maximum atomic E-state index is 9.79. The summed E-state index contributed by atoms with van der Waals surface area (Å²) in [7, 11) is 0. The third-order valence-corrected chi connectivity index (χ3v) is 5.78. The van der Waals surface area contributed by atoms with E-state index >= 15 is 0 Å². The fourth-order valence-electron chi connectivity index (χ4n) is 3.77. The number of anilines is 1. The molecule has 0 atom stereocenters. The molecular formula is C24H34Cl2N2O2. The van der Waals surface area contributed by atoms with Gasteiger partial charge in [0.2, 0.25) is 0 Å². The summed E-state index contributed by atoms with van der Waals surface area (Å²) in [4.78, 5) is 4.90. The van der Waals surface area contributed by atoms with E-state index in [4.69, 9.17) is 16.3 Å². The summed E-state index contributed by atoms with van der Waals surface area (Å²) in [5, 5.41) is 10.6. The van der Waals surface area contributed by atoms with Crippen LogP contribution in [0.3, 0.4) is 0 Å². The van der Waals surface area contributed by atoms with Crippen molar-refractivity contribution >= 4 is 29.7 Å². The Morgan fingerprint density at radius 3 is 2.37 bits per heavy atom. The van der Waals surface area contributed by atoms with Crippen molar-refractivity contribution in [1.29, 1.82) is 0 Å². The van der Waals surface area contributed by atoms with Gasteiger partial charge >= 0.3 is 0 Å². The number of phenolic OH excluding ortho intramolecular Hbond substituents is 1. The lowest BCUT2D eigenvalue weighted by Gasteiger charge is -2.36. The topological polar surface area (TPSA) is 35.9 Å². The number of unbranched alkanes of at least 4 members (excludes halogenated alkanes) is 1. The number of ether oxygens (including phenoxy) is 1. The lowest BCUT2D eigenvalue weighted by atomic mass is 9.86. The molecule has 0 unspecified atom stereocenters. The van der Waals surface area contributed by atoms with Crippen molar-refractivity contribution in [3.05, 3.63) is 53.1 Å². The standard InChI is InChI=1S/C24H33ClN2O2.ClH/c1-24(2,3)20-18-19(28)10-11-23(20)29-17-7-6-12-26-13-15-27(16-14-26)22-9-5-4-8-21(22)25;/h4-5,8-11,18,28H,6-7,12-17H2,1-3H3;1H. The van der Waals surface area contributed by atoms with E-state index in [1.54, 1.807) is 6.07 Å². The molecule has 0 aromatic heterocycles. The summed E-state index contributed by atoms with van der Waals surface area (Å²) >= 11 is 6.33. The number of hydrogen-bond donors (Lipinski definition) is 1. The molecule has 166 valence electrons. The van der Waals surface area contributed by atoms with Gasteiger partial charge in [-0.15, -0.1) is 12.4 Å². The minimum absolute atomic E-state index is 0. The van der Waals surface area contributed by atoms with Gasteiger partial charge < -0.3 is 14.7 Å². The van der Waals surface area contributed by atoms with Gasteiger partial charge in [-0.1, -0.05) is 44.5 Å². The highest BCUT2D eigenvalue weighted by molar-refractivity contribution is 6.33. The molecule has 0 amide bonds. The van der Waals surface area contributed by atoms with Crippen LogP contribution in [0.5, 0.6) is 11.5 Å². The quantitative estimate of drug-likeness (QED) is 0.542. The molecule has 6 heteroatoms. The van der Waals surface area contributed by atoms with Gasteiger partial charge in [-0.3, -0.25) is 4.90 Å². The molecule has 2 aromatic carbocycles. The molecule has 30 heavy (non-hydrogen) atoms. The number of rotatable bonds is 7. The molecule has 1 fully saturated rings. The van der Waals surface area contributed by atoms with Gasteiger partial charge in [0.05, 0.1) is 17.3 Å². The first-order valence-electron chi connectivity index (χ1n) is 10.5. The first-order chi connectivity index (χ1) is 13.8. The Kier molecular flexibility index (Phi) is 9.14. The van der Waals surface area contributed by atoms with E-state index in [0.29, 0.717) is 12.4 Å². The molecule has 4 nitrogen and oxygen atoms in total. The molecule has 0 radical (unpaired) electrons. The second-order valence-corrected chi connectivity index (χ2v) is 9.17. The number of phenols is 1. The van der Waals surface area contributed by atoms with Crippen molar-refractivity contribution in [1.82, 2.24) is 4.90 Å². The van der Waals surface area contributed by atoms with Crippen LogP contribution in [-0.2, 0) is 5.41 Å². The molecule has 0 saturated carbocycles. The highest BCUT2D eigenvalue weighted by atomic mass is 35.5. The number of benzene rings is 2. The van der Waals surface area contributed by atoms with E-state index < -0.39 is 0 Å². The number of piperazine rings is 1. The van der Waals surface area contributed by atoms with Crippen molar-refractivity contribution in [2.75, 3.05) is 44.2 Å². The Morgan fingerprint density at radius 2 is 1.70 bits per heavy atom. The van der Waals surface area contributed by atoms with Crippen LogP contribution < -0.4 is 9.64 Å². The third-order valence-electron chi connectivity index (χ3n) is 5.46. The lowest BCUT2D eigenvalue weighted by molar-refractivity contribution is 0.237. The van der Waals surface area contributed by atoms with Crippen molar-refractivity contribution in [2.45, 2.75) is 39.0 Å². The second kappa shape index (κ2) is 11.1. The van der Waals surface area contributed by atoms with Gasteiger partial charge in [-0.2, -0.15) is 0 Å². The fraction of sp³-hybridized carbons (Fsp3) is 0.500. The van der Waals surface area contributed by atoms with E-state index in [1.165, 1.54) is 0 Å². The number of aromatic hydroxyl groups is 1. The van der Waals surface area contributed by atoms with E-state index in [2.05, 4.69) is 36.6 Å². The summed E-state index contributed by atoms with van der Waals surface area (Å²) < 4.78 is 6.04. The lowest BCUT2D eigenvalue weighted by Crippen LogP contribution is -2.46. The van der Waals surface area contributed by atoms with E-state index in [-0.39, 0.29) is 17.8 Å². The fourth-order valence-corrected chi connectivity index (χ4v) is 4.03. The molecule has 0 bridgehead atoms. The van der Waals surface area contributed by atoms with Crippen LogP contribution in [0.15, 0.2) is 42.5 Å². The van der Waals surface area contributed by atoms with Gasteiger partial charge in [0.1, 0.15) is 11.5 Å². The summed E-state index contributed by atoms with van der Waals surface area (Å²) in [6.07, 6.45) is 2.14. The molecule has 2 aromatic rings. The summed E-state index contributed by atoms with van der Waals surface area (Å²) in [6.45, 7) is 12.4. The van der Waals surface area contributed by atoms with Crippen LogP contribution in [0.2, 0.25) is 5.02 Å². The average molecular weight is 453 g/mol. The highest BCUT2D eigenvalue weighted by Crippen LogP contribution is 2.34. The third kappa shape index (κ3) is 6.69. The number of nitrogens with zero attached hydrogens (tertiary/aromatic N) is 2. The van der Waals surface area contributed by atoms with Crippen LogP contribution >= 0.6 is 24.0 Å². The van der Waals surface area contributed by atoms with Crippen LogP contribution in [0.1, 0.15) is 39.2 Å². The van der Waals surface area contributed by atoms with Gasteiger partial charge in [-0.05, 0) is 55.1 Å². The van der Waals surface area contributed by atoms with Gasteiger partial charge in [-0.25, -0.2) is 0 Å². The van der Waals surface area contributed by atoms with Crippen LogP contribution in [0.4, 0.5) is 5.69 Å². The predicted octanol–water partition coefficient (Wildman–Crippen LogP) is 5.75. The zero-order chi connectivity index (χ0) is 20.9. The number of para-hydroxylation sites is 1. The Bertz CT molecular complexity index is 800. The molecule has 1 heterocycles. The molecular weight excluding hydrogens is 419 g/mol. The van der Waals surface area contributed by atoms with Gasteiger partial charge in [0.25, 0.3) is 0 Å². The van der Waals surface area contributed by atoms with Crippen molar-refractivity contribution in [3.63, 3.8) is 0 Å². The molecule has 3 rings (SSSR count). The molecule has 1 aliphatic rings. The minimum Gasteiger partial charge on any atom is -0.508 e. The molecule has 1 aliphatic heterocycles. The van der Waals surface area contributed by atoms with Crippen molar-refractivity contribution in [2.24, 2.45) is 0 Å². The SMILES string of the molecule is CC(C)(C)c1cc(O)ccc1OCCCCN1CCN(c2ccccc2Cl)CC1.Cl. The predicted molar refractivity (Wildman–Crippen MR) is 129 cm³/mol. The molecule has 1 N–H and O–H groups in total. The van der Waals surface area contributed by atoms with Gasteiger partial charge in [0, 0.05) is 31.7 Å². The normalized spacial score (nSPS) is 15.0. The Hall–Kier alpha value is -1.62. The smallest absolute Gasteiger partial charge is 0.123 e. The number of halogens is 2. The van der Waals surface area contributed by atoms with Crippen molar-refractivity contribution in [3.8, 4) is 11.5 Å². The van der Waals surface area contributed by atoms with E-state index in [9.17, 15) is 5.11 Å². The minimum atomic E-state index is -0.0601. The summed E-state index contributed by atoms with van der Waals surface area (Å²) in [5.74, 6) is 1.17. The zero-order valence-electron chi connectivity index (χ0n) is 18.2. The van der Waals surface area contributed by atoms with Crippen LogP contribution in [0.25, 0.3) is 0 Å². The van der Waals surface area contributed by atoms with Crippen molar-refractivity contribution < 1.29 is 9.84 Å². The maximum Gasteiger partial charge on any atom is 0.123 e. The Morgan fingerprint density at radius 1 is 1.00 bits per heavy atom. The Balaban J connectivity index is 0.00000320. The van der Waals surface area contributed by atoms with Crippen LogP contribution in [-0.4, -0.2) is 49.3 Å². The molecule has 0 aliphatic carbocycles. The highest BCUT2D eigenvalue weighted by Gasteiger charge is 2.20. The summed E-state index contributed by atoms with van der Waals surface area (Å²) in [5.41, 5.74) is 2.13. The van der Waals surface area contributed by atoms with Gasteiger partial charge in [0.15, 0.2) is 0 Å².